The van der Waals surface area contributed by atoms with Crippen LogP contribution in [0.5, 0.6) is 17.2 Å². The molecule has 0 aliphatic carbocycles. The van der Waals surface area contributed by atoms with Gasteiger partial charge in [-0.1, -0.05) is 18.2 Å². The number of amides is 1. The number of anilines is 1. The first-order valence-electron chi connectivity index (χ1n) is 16.0. The first-order valence-corrected chi connectivity index (χ1v) is 24.0. The summed E-state index contributed by atoms with van der Waals surface area (Å²) in [6.45, 7) is 3.52. The van der Waals surface area contributed by atoms with Crippen LogP contribution in [0.25, 0.3) is 0 Å². The first-order chi connectivity index (χ1) is 22.1. The van der Waals surface area contributed by atoms with Crippen molar-refractivity contribution in [1.82, 2.24) is 4.90 Å². The number of alkyl halides is 4. The van der Waals surface area contributed by atoms with Crippen molar-refractivity contribution < 1.29 is 47.3 Å². The van der Waals surface area contributed by atoms with E-state index in [9.17, 15) is 14.7 Å². The molecule has 2 aliphatic rings. The third-order valence-electron chi connectivity index (χ3n) is 8.91. The van der Waals surface area contributed by atoms with Gasteiger partial charge in [0.15, 0.2) is 11.5 Å². The molecule has 0 saturated carbocycles. The summed E-state index contributed by atoms with van der Waals surface area (Å²) in [7, 11) is 1.65. The number of para-hydroxylation sites is 1. The molecule has 5 rings (SSSR count). The Morgan fingerprint density at radius 2 is 1.80 bits per heavy atom. The molecule has 0 bridgehead atoms. The average Bonchev–Trinajstić information content (AvgIpc) is 3.64. The number of nitrogens with zero attached hydrogens (tertiary/aromatic N) is 2. The Morgan fingerprint density at radius 3 is 2.54 bits per heavy atom. The van der Waals surface area contributed by atoms with E-state index in [1.165, 1.54) is 5.56 Å². The summed E-state index contributed by atoms with van der Waals surface area (Å²) in [5, 5.41) is 10.7. The van der Waals surface area contributed by atoms with E-state index in [1.54, 1.807) is 7.11 Å². The van der Waals surface area contributed by atoms with Crippen molar-refractivity contribution in [2.75, 3.05) is 53.2 Å². The molecular weight excluding hydrogens is 695 g/mol. The van der Waals surface area contributed by atoms with Crippen LogP contribution in [0.15, 0.2) is 66.7 Å². The van der Waals surface area contributed by atoms with E-state index >= 15 is 0 Å². The molecule has 0 radical (unpaired) electrons. The monoisotopic (exact) mass is 743 g/mol. The van der Waals surface area contributed by atoms with Gasteiger partial charge in [0.05, 0.1) is 7.11 Å². The van der Waals surface area contributed by atoms with Gasteiger partial charge in [-0.3, -0.25) is 0 Å². The molecule has 46 heavy (non-hydrogen) atoms. The number of halogens is 1. The predicted octanol–water partition coefficient (Wildman–Crippen LogP) is 2.91. The van der Waals surface area contributed by atoms with Gasteiger partial charge in [0.25, 0.3) is 0 Å². The first kappa shape index (κ1) is 34.0. The Labute approximate surface area is 277 Å². The van der Waals surface area contributed by atoms with Gasteiger partial charge in [-0.2, -0.15) is 0 Å². The van der Waals surface area contributed by atoms with Crippen LogP contribution < -0.4 is 37.5 Å². The van der Waals surface area contributed by atoms with Crippen molar-refractivity contribution in [1.29, 1.82) is 0 Å². The number of fused-ring (bicyclic) bond motifs is 1. The minimum atomic E-state index is -1.78. The number of benzene rings is 3. The Balaban J connectivity index is 1.45. The van der Waals surface area contributed by atoms with Crippen LogP contribution in [-0.4, -0.2) is 76.3 Å². The molecule has 0 spiro atoms. The van der Waals surface area contributed by atoms with Crippen LogP contribution in [-0.2, 0) is 20.4 Å². The molecule has 1 saturated heterocycles. The van der Waals surface area contributed by atoms with Crippen molar-refractivity contribution >= 4 is 17.6 Å². The summed E-state index contributed by atoms with van der Waals surface area (Å²) in [5.41, 5.74) is 4.11. The normalized spacial score (nSPS) is 19.6. The number of carbonyl (C=O) groups is 2. The fourth-order valence-corrected chi connectivity index (χ4v) is 9.91. The molecule has 3 aromatic carbocycles. The summed E-state index contributed by atoms with van der Waals surface area (Å²) in [5.74, 6) is 0.211. The van der Waals surface area contributed by atoms with Crippen molar-refractivity contribution in [2.45, 2.75) is 49.0 Å². The molecule has 8 nitrogen and oxygen atoms in total. The average molecular weight is 744 g/mol. The van der Waals surface area contributed by atoms with E-state index in [4.69, 9.17) is 14.2 Å². The molecule has 1 amide bonds. The van der Waals surface area contributed by atoms with E-state index in [0.717, 1.165) is 39.8 Å². The molecule has 1 fully saturated rings. The molecule has 2 aliphatic heterocycles. The quantitative estimate of drug-likeness (QED) is 0.201. The second-order valence-corrected chi connectivity index (χ2v) is 24.9. The van der Waals surface area contributed by atoms with Crippen LogP contribution in [0.4, 0.5) is 5.69 Å². The molecule has 2 heterocycles. The fraction of sp³-hybridized carbons (Fsp3) is 0.459. The number of carboxylic acid groups (broad SMARTS) is 1. The van der Waals surface area contributed by atoms with E-state index < -0.39 is 30.3 Å². The van der Waals surface area contributed by atoms with Crippen LogP contribution in [0.1, 0.15) is 48.8 Å². The minimum absolute atomic E-state index is 0.00000446. The van der Waals surface area contributed by atoms with E-state index in [-0.39, 0.29) is 31.2 Å². The summed E-state index contributed by atoms with van der Waals surface area (Å²) in [4.78, 5) is 38.5. The summed E-state index contributed by atoms with van der Waals surface area (Å²) >= 11 is -1.78. The van der Waals surface area contributed by atoms with Gasteiger partial charge in [-0.05, 0) is 12.1 Å². The Morgan fingerprint density at radius 1 is 1.02 bits per heavy atom. The van der Waals surface area contributed by atoms with Crippen LogP contribution in [0.3, 0.4) is 0 Å². The summed E-state index contributed by atoms with van der Waals surface area (Å²) in [6.07, 6.45) is 3.07. The van der Waals surface area contributed by atoms with Gasteiger partial charge in [-0.15, -0.1) is 0 Å². The number of rotatable bonds is 14. The van der Waals surface area contributed by atoms with Crippen LogP contribution in [0, 0.1) is 5.92 Å². The Bertz CT molecular complexity index is 1520. The van der Waals surface area contributed by atoms with Crippen molar-refractivity contribution in [3.8, 4) is 17.2 Å². The second-order valence-electron chi connectivity index (χ2n) is 13.1. The van der Waals surface area contributed by atoms with E-state index in [1.807, 2.05) is 53.4 Å². The van der Waals surface area contributed by atoms with Gasteiger partial charge < -0.3 is 14.2 Å². The number of aliphatic carboxylic acids is 1. The number of unbranched alkanes of at least 4 members (excludes halogenated alkanes) is 1. The van der Waals surface area contributed by atoms with Crippen molar-refractivity contribution in [3.05, 3.63) is 83.4 Å². The molecule has 250 valence electrons. The number of hydrogen-bond donors (Lipinski definition) is 1. The van der Waals surface area contributed by atoms with Gasteiger partial charge in [-0.25, -0.2) is 0 Å². The van der Waals surface area contributed by atoms with Crippen LogP contribution in [0.2, 0.25) is 0 Å². The summed E-state index contributed by atoms with van der Waals surface area (Å²) < 4.78 is 17.9. The number of likely N-dealkylation sites (tertiary alicyclic amines) is 1. The van der Waals surface area contributed by atoms with Crippen LogP contribution >= 0.6 is 0 Å². The SMILES string of the molecule is CCCCN(C(=O)CN1C[C@H](c2ccc3c(c2)OCO3)[C@@H](C(=O)O)[C@@H]1CCc1ccccc1OC)c1cccc(C[I-](C)(C)C)c1. The standard InChI is InChI=1S/C37H48IN2O6/c1-6-7-19-40(29-13-10-11-26(20-29)22-38(2,3)4)35(41)24-39-23-30(28-16-18-33-34(21-28)46-25-45-33)36(37(42)43)31(39)17-15-27-12-8-9-14-32(27)44-5/h8-14,16,18,20-21,30-31,36H,6-7,15,17,19,22-25H2,1-5H3,(H,42,43)/q-1/t30-,31+,36-/m1/s1. The maximum absolute atomic E-state index is 14.3. The molecule has 0 aromatic heterocycles. The van der Waals surface area contributed by atoms with Gasteiger partial charge in [0.1, 0.15) is 5.75 Å². The van der Waals surface area contributed by atoms with Crippen molar-refractivity contribution in [3.63, 3.8) is 0 Å². The number of hydrogen-bond acceptors (Lipinski definition) is 6. The summed E-state index contributed by atoms with van der Waals surface area (Å²) in [6, 6.07) is 21.7. The van der Waals surface area contributed by atoms with Gasteiger partial charge in [0, 0.05) is 0 Å². The zero-order valence-electron chi connectivity index (χ0n) is 27.7. The molecule has 3 atom stereocenters. The zero-order valence-corrected chi connectivity index (χ0v) is 29.9. The molecule has 0 unspecified atom stereocenters. The fourth-order valence-electron chi connectivity index (χ4n) is 6.79. The number of carboxylic acids is 1. The topological polar surface area (TPSA) is 88.5 Å². The molecule has 9 heteroatoms. The number of ether oxygens (including phenoxy) is 3. The molecule has 1 N–H and O–H groups in total. The predicted molar refractivity (Wildman–Crippen MR) is 178 cm³/mol. The third-order valence-corrected chi connectivity index (χ3v) is 12.1. The number of carbonyl (C=O) groups excluding carboxylic acids is 1. The molecule has 3 aromatic rings. The second kappa shape index (κ2) is 15.1. The van der Waals surface area contributed by atoms with Crippen molar-refractivity contribution in [2.24, 2.45) is 5.92 Å². The maximum atomic E-state index is 14.3. The Kier molecular flexibility index (Phi) is 11.1. The third kappa shape index (κ3) is 8.15. The van der Waals surface area contributed by atoms with Gasteiger partial charge in [0.2, 0.25) is 6.79 Å². The van der Waals surface area contributed by atoms with E-state index in [0.29, 0.717) is 37.4 Å². The number of methoxy groups -OCH3 is 1. The Hall–Kier alpha value is -3.31. The van der Waals surface area contributed by atoms with Gasteiger partial charge >= 0.3 is 203 Å². The number of aryl methyl sites for hydroxylation is 1. The van der Waals surface area contributed by atoms with E-state index in [2.05, 4.69) is 44.8 Å². The zero-order chi connectivity index (χ0) is 32.8. The molecular formula is C37H48IN2O6-.